The first-order chi connectivity index (χ1) is 17.7. The summed E-state index contributed by atoms with van der Waals surface area (Å²) >= 11 is 6.99. The molecular formula is C24H20ClN5O6S. The maximum atomic E-state index is 12.4. The summed E-state index contributed by atoms with van der Waals surface area (Å²) < 4.78 is 17.5. The van der Waals surface area contributed by atoms with Crippen molar-refractivity contribution in [2.75, 3.05) is 18.9 Å². The normalized spacial score (nSPS) is 15.2. The zero-order chi connectivity index (χ0) is 26.1. The van der Waals surface area contributed by atoms with Gasteiger partial charge in [0.2, 0.25) is 11.8 Å². The zero-order valence-corrected chi connectivity index (χ0v) is 21.2. The molecule has 1 unspecified atom stereocenters. The van der Waals surface area contributed by atoms with Gasteiger partial charge in [-0.1, -0.05) is 22.9 Å². The summed E-state index contributed by atoms with van der Waals surface area (Å²) in [4.78, 5) is 29.3. The molecule has 0 radical (unpaired) electrons. The van der Waals surface area contributed by atoms with Crippen molar-refractivity contribution in [3.8, 4) is 28.7 Å². The average Bonchev–Trinajstić information content (AvgIpc) is 3.54. The summed E-state index contributed by atoms with van der Waals surface area (Å²) in [5.74, 6) is 0.888. The number of carboxylic acid groups (broad SMARTS) is 1. The number of thiazole rings is 1. The van der Waals surface area contributed by atoms with E-state index in [1.54, 1.807) is 61.3 Å². The number of carbonyl (C=O) groups is 2. The fraction of sp³-hybridized carbons (Fsp3) is 0.208. The van der Waals surface area contributed by atoms with E-state index in [1.165, 1.54) is 0 Å². The third-order valence-corrected chi connectivity index (χ3v) is 6.61. The van der Waals surface area contributed by atoms with E-state index < -0.39 is 12.1 Å². The molecule has 1 amide bonds. The van der Waals surface area contributed by atoms with Crippen molar-refractivity contribution in [1.82, 2.24) is 20.1 Å². The Balaban J connectivity index is 1.41. The first-order valence-corrected chi connectivity index (χ1v) is 12.3. The van der Waals surface area contributed by atoms with E-state index in [2.05, 4.69) is 20.5 Å². The van der Waals surface area contributed by atoms with Crippen LogP contribution in [0.2, 0.25) is 4.34 Å². The Labute approximate surface area is 219 Å². The number of hydrogen-bond acceptors (Lipinski definition) is 10. The van der Waals surface area contributed by atoms with Crippen LogP contribution in [0.4, 0.5) is 10.8 Å². The van der Waals surface area contributed by atoms with Crippen LogP contribution in [0.25, 0.3) is 11.5 Å². The summed E-state index contributed by atoms with van der Waals surface area (Å²) in [6, 6.07) is 12.1. The van der Waals surface area contributed by atoms with Gasteiger partial charge in [0.25, 0.3) is 5.91 Å². The fourth-order valence-corrected chi connectivity index (χ4v) is 4.71. The second-order valence-corrected chi connectivity index (χ2v) is 9.77. The maximum Gasteiger partial charge on any atom is 0.357 e. The molecule has 0 saturated carbocycles. The minimum atomic E-state index is -1.22. The third kappa shape index (κ3) is 5.49. The smallest absolute Gasteiger partial charge is 0.357 e. The lowest BCUT2D eigenvalue weighted by molar-refractivity contribution is -0.132. The number of ether oxygens (including phenoxy) is 2. The number of benzene rings is 2. The van der Waals surface area contributed by atoms with Crippen LogP contribution in [0.5, 0.6) is 17.2 Å². The molecule has 2 aromatic heterocycles. The molecule has 4 aromatic rings. The summed E-state index contributed by atoms with van der Waals surface area (Å²) in [7, 11) is 1.73. The molecular weight excluding hydrogens is 522 g/mol. The zero-order valence-electron chi connectivity index (χ0n) is 19.6. The number of nitrogens with one attached hydrogen (secondary N) is 1. The SMILES string of the molecule is Cc1nnc(-c2ccc(Oc3cc(Nc4nc(C(=O)O)c(Cl)s4)cc(OC4CCN(C)C4=O)c3)cc2)o1. The van der Waals surface area contributed by atoms with Gasteiger partial charge in [0, 0.05) is 56.4 Å². The molecule has 1 aliphatic heterocycles. The standard InChI is InChI=1S/C24H20ClN5O6S/c1-12-28-29-21(34-12)13-3-5-15(6-4-13)35-16-9-14(26-24-27-19(23(32)33)20(25)37-24)10-17(11-16)36-18-7-8-30(2)22(18)31/h3-6,9-11,18H,7-8H2,1-2H3,(H,26,27)(H,32,33). The lowest BCUT2D eigenvalue weighted by atomic mass is 10.2. The van der Waals surface area contributed by atoms with E-state index in [1.807, 2.05) is 0 Å². The monoisotopic (exact) mass is 541 g/mol. The van der Waals surface area contributed by atoms with Crippen molar-refractivity contribution in [3.63, 3.8) is 0 Å². The van der Waals surface area contributed by atoms with E-state index in [-0.39, 0.29) is 21.1 Å². The van der Waals surface area contributed by atoms with Gasteiger partial charge >= 0.3 is 5.97 Å². The first kappa shape index (κ1) is 24.5. The number of aromatic nitrogens is 3. The Morgan fingerprint density at radius 3 is 2.57 bits per heavy atom. The maximum absolute atomic E-state index is 12.4. The highest BCUT2D eigenvalue weighted by Crippen LogP contribution is 2.35. The van der Waals surface area contributed by atoms with Crippen molar-refractivity contribution in [2.24, 2.45) is 0 Å². The molecule has 0 bridgehead atoms. The molecule has 1 aliphatic rings. The lowest BCUT2D eigenvalue weighted by Crippen LogP contribution is -2.29. The van der Waals surface area contributed by atoms with Crippen LogP contribution in [0.3, 0.4) is 0 Å². The molecule has 0 spiro atoms. The number of carbonyl (C=O) groups excluding carboxylic acids is 1. The molecule has 5 rings (SSSR count). The highest BCUT2D eigenvalue weighted by Gasteiger charge is 2.31. The minimum absolute atomic E-state index is 0.0509. The molecule has 11 nitrogen and oxygen atoms in total. The molecule has 37 heavy (non-hydrogen) atoms. The highest BCUT2D eigenvalue weighted by molar-refractivity contribution is 7.19. The van der Waals surface area contributed by atoms with Crippen molar-refractivity contribution >= 4 is 45.6 Å². The second kappa shape index (κ2) is 10.1. The van der Waals surface area contributed by atoms with Gasteiger partial charge in [0.15, 0.2) is 16.9 Å². The van der Waals surface area contributed by atoms with E-state index in [0.717, 1.165) is 16.9 Å². The van der Waals surface area contributed by atoms with Gasteiger partial charge in [0.05, 0.1) is 0 Å². The number of likely N-dealkylation sites (tertiary alicyclic amines) is 1. The topological polar surface area (TPSA) is 140 Å². The number of hydrogen-bond donors (Lipinski definition) is 2. The molecule has 3 heterocycles. The number of rotatable bonds is 8. The number of aryl methyl sites for hydroxylation is 1. The van der Waals surface area contributed by atoms with E-state index in [4.69, 9.17) is 25.5 Å². The van der Waals surface area contributed by atoms with Crippen LogP contribution in [0.15, 0.2) is 46.9 Å². The quantitative estimate of drug-likeness (QED) is 0.313. The predicted molar refractivity (Wildman–Crippen MR) is 135 cm³/mol. The number of halogens is 1. The number of likely N-dealkylation sites (N-methyl/N-ethyl adjacent to an activating group) is 1. The first-order valence-electron chi connectivity index (χ1n) is 11.1. The number of amides is 1. The Morgan fingerprint density at radius 1 is 1.19 bits per heavy atom. The van der Waals surface area contributed by atoms with Crippen LogP contribution in [0, 0.1) is 6.92 Å². The van der Waals surface area contributed by atoms with Crippen LogP contribution < -0.4 is 14.8 Å². The number of anilines is 2. The average molecular weight is 542 g/mol. The number of carboxylic acids is 1. The van der Waals surface area contributed by atoms with Crippen LogP contribution in [-0.2, 0) is 4.79 Å². The highest BCUT2D eigenvalue weighted by atomic mass is 35.5. The molecule has 190 valence electrons. The van der Waals surface area contributed by atoms with Crippen LogP contribution in [-0.4, -0.2) is 56.8 Å². The largest absolute Gasteiger partial charge is 0.480 e. The molecule has 1 atom stereocenters. The number of aromatic carboxylic acids is 1. The van der Waals surface area contributed by atoms with Gasteiger partial charge in [-0.15, -0.1) is 10.2 Å². The van der Waals surface area contributed by atoms with Gasteiger partial charge in [-0.2, -0.15) is 0 Å². The van der Waals surface area contributed by atoms with E-state index in [9.17, 15) is 14.7 Å². The van der Waals surface area contributed by atoms with Gasteiger partial charge in [-0.25, -0.2) is 9.78 Å². The summed E-state index contributed by atoms with van der Waals surface area (Å²) in [6.45, 7) is 2.32. The van der Waals surface area contributed by atoms with Gasteiger partial charge < -0.3 is 29.2 Å². The summed E-state index contributed by atoms with van der Waals surface area (Å²) in [6.07, 6.45) is -0.0534. The molecule has 1 saturated heterocycles. The summed E-state index contributed by atoms with van der Waals surface area (Å²) in [5, 5.41) is 20.4. The van der Waals surface area contributed by atoms with Crippen molar-refractivity contribution in [3.05, 3.63) is 58.4 Å². The van der Waals surface area contributed by atoms with Gasteiger partial charge in [-0.3, -0.25) is 4.79 Å². The van der Waals surface area contributed by atoms with Crippen LogP contribution in [0.1, 0.15) is 22.8 Å². The second-order valence-electron chi connectivity index (χ2n) is 8.17. The Hall–Kier alpha value is -4.16. The molecule has 2 N–H and O–H groups in total. The Bertz CT molecular complexity index is 1470. The van der Waals surface area contributed by atoms with Gasteiger partial charge in [0.1, 0.15) is 21.6 Å². The minimum Gasteiger partial charge on any atom is -0.480 e. The predicted octanol–water partition coefficient (Wildman–Crippen LogP) is 5.00. The molecule has 0 aliphatic carbocycles. The molecule has 1 fully saturated rings. The van der Waals surface area contributed by atoms with E-state index >= 15 is 0 Å². The Morgan fingerprint density at radius 2 is 1.95 bits per heavy atom. The van der Waals surface area contributed by atoms with Crippen molar-refractivity contribution < 1.29 is 28.6 Å². The Kier molecular flexibility index (Phi) is 6.68. The van der Waals surface area contributed by atoms with Crippen molar-refractivity contribution in [1.29, 1.82) is 0 Å². The third-order valence-electron chi connectivity index (χ3n) is 5.44. The van der Waals surface area contributed by atoms with E-state index in [0.29, 0.717) is 47.7 Å². The lowest BCUT2D eigenvalue weighted by Gasteiger charge is -2.16. The van der Waals surface area contributed by atoms with Gasteiger partial charge in [-0.05, 0) is 24.3 Å². The summed E-state index contributed by atoms with van der Waals surface area (Å²) in [5.41, 5.74) is 1.01. The molecule has 2 aromatic carbocycles. The molecule has 13 heteroatoms. The number of nitrogens with zero attached hydrogens (tertiary/aromatic N) is 4. The van der Waals surface area contributed by atoms with Crippen LogP contribution >= 0.6 is 22.9 Å². The van der Waals surface area contributed by atoms with Crippen molar-refractivity contribution in [2.45, 2.75) is 19.4 Å². The fourth-order valence-electron chi connectivity index (χ4n) is 3.66.